The van der Waals surface area contributed by atoms with E-state index in [4.69, 9.17) is 18.9 Å². The van der Waals surface area contributed by atoms with Crippen molar-refractivity contribution in [2.24, 2.45) is 74.4 Å². The average Bonchev–Trinajstić information content (AvgIpc) is 1.40. The molecule has 0 amide bonds. The molecular weight excluding hydrogens is 1170 g/mol. The minimum Gasteiger partial charge on any atom is -0.508 e. The fraction of sp³-hybridized carbons (Fsp3) is 0.693. The fourth-order valence-electron chi connectivity index (χ4n) is 27.3. The summed E-state index contributed by atoms with van der Waals surface area (Å²) in [4.78, 5) is 19.7. The number of aliphatic hydroxyl groups excluding tert-OH is 3. The van der Waals surface area contributed by atoms with E-state index in [-0.39, 0.29) is 57.5 Å². The molecule has 90 heavy (non-hydrogen) atoms. The fourth-order valence-corrected chi connectivity index (χ4v) is 30.1. The number of aromatic amines is 1. The molecule has 20 rings (SSSR count). The summed E-state index contributed by atoms with van der Waals surface area (Å²) in [6, 6.07) is 22.5. The minimum atomic E-state index is -2.67. The molecule has 15 aliphatic rings. The molecule has 6 spiro atoms. The molecule has 4 aromatic carbocycles. The van der Waals surface area contributed by atoms with Gasteiger partial charge in [0.05, 0.1) is 41.5 Å². The van der Waals surface area contributed by atoms with Gasteiger partial charge in [-0.3, -0.25) is 0 Å². The third-order valence-electron chi connectivity index (χ3n) is 30.2. The largest absolute Gasteiger partial charge is 0.508 e. The number of benzene rings is 4. The van der Waals surface area contributed by atoms with Gasteiger partial charge < -0.3 is 59.9 Å². The molecule has 0 radical (unpaired) electrons. The Morgan fingerprint density at radius 1 is 0.778 bits per heavy atom. The van der Waals surface area contributed by atoms with Gasteiger partial charge in [0.2, 0.25) is 5.79 Å². The summed E-state index contributed by atoms with van der Waals surface area (Å²) in [5, 5.41) is 90.0. The molecule has 15 heteroatoms. The number of aromatic hydroxyl groups is 1. The monoisotopic (exact) mass is 1260 g/mol. The van der Waals surface area contributed by atoms with Crippen LogP contribution in [0.3, 0.4) is 0 Å². The average molecular weight is 1260 g/mol. The molecule has 22 atom stereocenters. The van der Waals surface area contributed by atoms with Crippen LogP contribution in [0.25, 0.3) is 32.4 Å². The highest BCUT2D eigenvalue weighted by Gasteiger charge is 2.90. The molecule has 4 bridgehead atoms. The van der Waals surface area contributed by atoms with Gasteiger partial charge in [-0.25, -0.2) is 4.79 Å². The number of carbonyl (C=O) groups excluding carboxylic acids is 1. The molecule has 480 valence electrons. The first-order valence-electron chi connectivity index (χ1n) is 35.5. The van der Waals surface area contributed by atoms with Crippen molar-refractivity contribution in [1.29, 1.82) is 0 Å². The summed E-state index contributed by atoms with van der Waals surface area (Å²) in [5.74, 6) is -0.823. The molecule has 10 saturated carbocycles. The van der Waals surface area contributed by atoms with Gasteiger partial charge in [0.1, 0.15) is 18.0 Å². The number of H-pyrrole nitrogens is 1. The number of aliphatic hydroxyl groups is 5. The van der Waals surface area contributed by atoms with Crippen molar-refractivity contribution < 1.29 is 54.4 Å². The van der Waals surface area contributed by atoms with Gasteiger partial charge in [0, 0.05) is 52.2 Å². The molecule has 13 nitrogen and oxygen atoms in total. The van der Waals surface area contributed by atoms with Crippen LogP contribution in [0.5, 0.6) is 11.5 Å². The van der Waals surface area contributed by atoms with Crippen LogP contribution in [-0.4, -0.2) is 121 Å². The zero-order chi connectivity index (χ0) is 60.7. The van der Waals surface area contributed by atoms with Crippen LogP contribution in [0.4, 0.5) is 0 Å². The number of ether oxygens (including phenoxy) is 4. The van der Waals surface area contributed by atoms with Gasteiger partial charge in [-0.1, -0.05) is 83.7 Å². The van der Waals surface area contributed by atoms with E-state index in [9.17, 15) is 30.6 Å². The highest BCUT2D eigenvalue weighted by molar-refractivity contribution is 8.76. The maximum atomic E-state index is 16.4. The second kappa shape index (κ2) is 20.1. The maximum absolute atomic E-state index is 16.4. The highest BCUT2D eigenvalue weighted by atomic mass is 33.1. The minimum absolute atomic E-state index is 0.0705. The Balaban J connectivity index is 0.809. The number of hydrogen-bond acceptors (Lipinski definition) is 14. The molecular formula is C75H92N2O11S2. The van der Waals surface area contributed by atoms with E-state index in [1.165, 1.54) is 24.0 Å². The number of rotatable bonds is 7. The van der Waals surface area contributed by atoms with E-state index in [0.29, 0.717) is 59.7 Å². The van der Waals surface area contributed by atoms with Crippen LogP contribution < -0.4 is 10.1 Å². The van der Waals surface area contributed by atoms with Crippen LogP contribution in [0, 0.1) is 74.4 Å². The van der Waals surface area contributed by atoms with Gasteiger partial charge in [-0.05, 0) is 250 Å². The molecule has 11 aliphatic carbocycles. The van der Waals surface area contributed by atoms with Gasteiger partial charge in [0.15, 0.2) is 17.5 Å². The number of esters is 1. The zero-order valence-corrected chi connectivity index (χ0v) is 53.9. The smallest absolute Gasteiger partial charge is 0.343 e. The summed E-state index contributed by atoms with van der Waals surface area (Å²) in [5.41, 5.74) is -1.90. The number of phenolic OH excluding ortho intramolecular Hbond substituents is 1. The molecule has 5 heterocycles. The number of fused-ring (bicyclic) bond motifs is 12. The second-order valence-electron chi connectivity index (χ2n) is 32.7. The third kappa shape index (κ3) is 7.14. The van der Waals surface area contributed by atoms with E-state index in [0.717, 1.165) is 155 Å². The van der Waals surface area contributed by atoms with E-state index in [1.54, 1.807) is 0 Å². The second-order valence-corrected chi connectivity index (χ2v) is 35.2. The Morgan fingerprint density at radius 2 is 1.58 bits per heavy atom. The Labute approximate surface area is 536 Å². The molecule has 22 unspecified atom stereocenters. The van der Waals surface area contributed by atoms with Crippen molar-refractivity contribution in [2.45, 2.75) is 220 Å². The Kier molecular flexibility index (Phi) is 12.9. The van der Waals surface area contributed by atoms with Crippen LogP contribution in [0.2, 0.25) is 0 Å². The predicted molar refractivity (Wildman–Crippen MR) is 347 cm³/mol. The lowest BCUT2D eigenvalue weighted by molar-refractivity contribution is -0.409. The lowest BCUT2D eigenvalue weighted by Gasteiger charge is -2.72. The standard InChI is InChI=1S/C75H92N2O11S2/c1-76-58-38-90-89-37-53-48-15-12-44-29-45-19-23-71(73(45,60(44)48)54-16-14-46(79)31-50(53)54)63(80)52(58)32-51-55-34-72(69(20-6-7-21-69)26-27-70(72)25-24-68(39-70)22-18-40(33-68)36-85-47-10-4-5-11-47)67(82)75(84)74(55,83)65(87-64(51)71)62(88-75)66(81)86-61-57(35-78)77-56-17-13-43-28-41-8-2-3-9-42(41)30-49(43)59(56)61/h2-3,8-9,13-14,16-17,28,30-31,40,44-45,47-48,51-53,55,58,60,62-65,67,76-80,82-84H,4-7,10-12,15,18-27,29,32-39H2,1H3. The van der Waals surface area contributed by atoms with Crippen LogP contribution in [-0.2, 0) is 31.0 Å². The van der Waals surface area contributed by atoms with Crippen LogP contribution in [0.15, 0.2) is 66.7 Å². The number of phenols is 1. The van der Waals surface area contributed by atoms with Gasteiger partial charge in [0.25, 0.3) is 0 Å². The van der Waals surface area contributed by atoms with Crippen LogP contribution >= 0.6 is 21.6 Å². The van der Waals surface area contributed by atoms with Crippen molar-refractivity contribution >= 4 is 60.0 Å². The first kappa shape index (κ1) is 58.0. The number of carbonyl (C=O) groups is 1. The molecule has 4 aliphatic heterocycles. The molecule has 3 saturated heterocycles. The van der Waals surface area contributed by atoms with E-state index < -0.39 is 82.6 Å². The van der Waals surface area contributed by atoms with Gasteiger partial charge >= 0.3 is 5.97 Å². The quantitative estimate of drug-likeness (QED) is 0.0434. The van der Waals surface area contributed by atoms with E-state index >= 15 is 4.79 Å². The normalized spacial score (nSPS) is 46.7. The molecule has 5 aromatic rings. The van der Waals surface area contributed by atoms with Crippen molar-refractivity contribution in [3.05, 3.63) is 83.6 Å². The Hall–Kier alpha value is -3.45. The highest BCUT2D eigenvalue weighted by Crippen LogP contribution is 2.86. The number of aromatic nitrogens is 1. The summed E-state index contributed by atoms with van der Waals surface area (Å²) < 4.78 is 29.0. The van der Waals surface area contributed by atoms with Crippen molar-refractivity contribution in [3.63, 3.8) is 0 Å². The molecule has 1 aromatic heterocycles. The SMILES string of the molecule is CNC1CSSCC2c3cc(O)ccc3C34C(CCC35C(O)C1CC1C3CC6(C(O)C7(O)OC(C(=O)Oc8c(CO)[nH]c9ccc%10cc%11ccccc%11cc%10c89)C(OC15)C37O)C1(CCCC1)CCC61CCC3(CCC(COC5CCCC5)C3)C1)CC1CCC2C14. The van der Waals surface area contributed by atoms with Gasteiger partial charge in [-0.15, -0.1) is 0 Å². The van der Waals surface area contributed by atoms with Crippen LogP contribution in [0.1, 0.15) is 170 Å². The third-order valence-corrected chi connectivity index (χ3v) is 32.7. The van der Waals surface area contributed by atoms with Crippen molar-refractivity contribution in [3.8, 4) is 11.5 Å². The molecule has 8 N–H and O–H groups in total. The first-order chi connectivity index (χ1) is 43.7. The summed E-state index contributed by atoms with van der Waals surface area (Å²) in [6.45, 7) is 0.349. The summed E-state index contributed by atoms with van der Waals surface area (Å²) in [6.07, 6.45) is 16.8. The first-order valence-corrected chi connectivity index (χ1v) is 38.0. The lowest BCUT2D eigenvalue weighted by atomic mass is 9.37. The van der Waals surface area contributed by atoms with Crippen molar-refractivity contribution in [1.82, 2.24) is 10.3 Å². The van der Waals surface area contributed by atoms with E-state index in [2.05, 4.69) is 53.7 Å². The Bertz CT molecular complexity index is 3760. The van der Waals surface area contributed by atoms with E-state index in [1.807, 2.05) is 51.9 Å². The number of hydrogen-bond donors (Lipinski definition) is 8. The Morgan fingerprint density at radius 3 is 2.40 bits per heavy atom. The summed E-state index contributed by atoms with van der Waals surface area (Å²) in [7, 11) is 5.88. The predicted octanol–water partition coefficient (Wildman–Crippen LogP) is 12.3. The van der Waals surface area contributed by atoms with Gasteiger partial charge in [-0.2, -0.15) is 0 Å². The maximum Gasteiger partial charge on any atom is 0.343 e. The van der Waals surface area contributed by atoms with Crippen molar-refractivity contribution in [2.75, 3.05) is 25.2 Å². The topological polar surface area (TPSA) is 203 Å². The number of nitrogens with one attached hydrogen (secondary N) is 2. The lowest BCUT2D eigenvalue weighted by Crippen LogP contribution is -2.82. The molecule has 13 fully saturated rings. The summed E-state index contributed by atoms with van der Waals surface area (Å²) >= 11 is 0. The zero-order valence-electron chi connectivity index (χ0n) is 52.2.